The fourth-order valence-corrected chi connectivity index (χ4v) is 1.84. The fourth-order valence-electron chi connectivity index (χ4n) is 1.84. The highest BCUT2D eigenvalue weighted by molar-refractivity contribution is 5.42. The maximum atomic E-state index is 8.87. The molecule has 5 heteroatoms. The number of ether oxygens (including phenoxy) is 1. The molecule has 0 fully saturated rings. The fraction of sp³-hybridized carbons (Fsp3) is 0.273. The predicted octanol–water partition coefficient (Wildman–Crippen LogP) is 1.09. The summed E-state index contributed by atoms with van der Waals surface area (Å²) in [5, 5.41) is 12.5. The highest BCUT2D eigenvalue weighted by Gasteiger charge is 2.29. The van der Waals surface area contributed by atoms with Crippen molar-refractivity contribution < 1.29 is 14.4 Å². The van der Waals surface area contributed by atoms with Gasteiger partial charge in [0.05, 0.1) is 0 Å². The van der Waals surface area contributed by atoms with Crippen LogP contribution in [0.3, 0.4) is 0 Å². The molecule has 0 bridgehead atoms. The van der Waals surface area contributed by atoms with E-state index in [9.17, 15) is 0 Å². The number of para-hydroxylation sites is 1. The molecule has 82 valence electrons. The third kappa shape index (κ3) is 1.37. The molecule has 1 aromatic carbocycles. The Morgan fingerprint density at radius 1 is 1.38 bits per heavy atom. The third-order valence-corrected chi connectivity index (χ3v) is 2.62. The highest BCUT2D eigenvalue weighted by atomic mass is 16.5. The van der Waals surface area contributed by atoms with Crippen molar-refractivity contribution in [2.24, 2.45) is 0 Å². The minimum atomic E-state index is -0.210. The number of aromatic nitrogens is 2. The molecule has 1 aromatic heterocycles. The number of aliphatic hydroxyl groups is 1. The van der Waals surface area contributed by atoms with E-state index in [2.05, 4.69) is 10.1 Å². The van der Waals surface area contributed by atoms with Crippen molar-refractivity contribution >= 4 is 0 Å². The van der Waals surface area contributed by atoms with Crippen molar-refractivity contribution in [3.8, 4) is 5.75 Å². The van der Waals surface area contributed by atoms with Crippen molar-refractivity contribution in [1.29, 1.82) is 0 Å². The van der Waals surface area contributed by atoms with E-state index in [1.807, 2.05) is 24.3 Å². The first-order valence-corrected chi connectivity index (χ1v) is 5.03. The molecule has 0 aliphatic carbocycles. The lowest BCUT2D eigenvalue weighted by Gasteiger charge is -2.00. The SMILES string of the molecule is OCc1noc(C2COc3ccccc32)n1. The molecule has 1 unspecified atom stereocenters. The van der Waals surface area contributed by atoms with Crippen LogP contribution in [0.1, 0.15) is 23.2 Å². The van der Waals surface area contributed by atoms with Crippen LogP contribution in [-0.2, 0) is 6.61 Å². The Morgan fingerprint density at radius 2 is 2.25 bits per heavy atom. The van der Waals surface area contributed by atoms with E-state index < -0.39 is 0 Å². The number of aliphatic hydroxyl groups excluding tert-OH is 1. The smallest absolute Gasteiger partial charge is 0.237 e. The molecule has 3 rings (SSSR count). The molecule has 0 saturated heterocycles. The molecule has 5 nitrogen and oxygen atoms in total. The number of nitrogens with zero attached hydrogens (tertiary/aromatic N) is 2. The number of hydrogen-bond acceptors (Lipinski definition) is 5. The van der Waals surface area contributed by atoms with Crippen LogP contribution in [0.2, 0.25) is 0 Å². The molecule has 1 atom stereocenters. The Hall–Kier alpha value is -1.88. The molecular weight excluding hydrogens is 208 g/mol. The van der Waals surface area contributed by atoms with Crippen molar-refractivity contribution in [1.82, 2.24) is 10.1 Å². The zero-order chi connectivity index (χ0) is 11.0. The average molecular weight is 218 g/mol. The first kappa shape index (κ1) is 9.35. The van der Waals surface area contributed by atoms with Crippen LogP contribution in [0.5, 0.6) is 5.75 Å². The van der Waals surface area contributed by atoms with Gasteiger partial charge in [-0.2, -0.15) is 4.98 Å². The second-order valence-electron chi connectivity index (χ2n) is 3.61. The van der Waals surface area contributed by atoms with Gasteiger partial charge in [-0.1, -0.05) is 23.4 Å². The maximum absolute atomic E-state index is 8.87. The minimum absolute atomic E-state index is 0.0241. The molecule has 0 spiro atoms. The molecule has 1 N–H and O–H groups in total. The van der Waals surface area contributed by atoms with Crippen molar-refractivity contribution in [2.45, 2.75) is 12.5 Å². The Morgan fingerprint density at radius 3 is 3.06 bits per heavy atom. The summed E-state index contributed by atoms with van der Waals surface area (Å²) in [6, 6.07) is 7.77. The summed E-state index contributed by atoms with van der Waals surface area (Å²) in [6.07, 6.45) is 0. The van der Waals surface area contributed by atoms with Gasteiger partial charge in [0.2, 0.25) is 5.89 Å². The summed E-state index contributed by atoms with van der Waals surface area (Å²) in [5.41, 5.74) is 1.05. The van der Waals surface area contributed by atoms with Crippen LogP contribution >= 0.6 is 0 Å². The lowest BCUT2D eigenvalue weighted by atomic mass is 10.0. The predicted molar refractivity (Wildman–Crippen MR) is 54.0 cm³/mol. The summed E-state index contributed by atoms with van der Waals surface area (Å²) in [4.78, 5) is 4.10. The van der Waals surface area contributed by atoms with Crippen molar-refractivity contribution in [2.75, 3.05) is 6.61 Å². The van der Waals surface area contributed by atoms with Crippen LogP contribution in [0.15, 0.2) is 28.8 Å². The Bertz CT molecular complexity index is 509. The van der Waals surface area contributed by atoms with E-state index >= 15 is 0 Å². The number of fused-ring (bicyclic) bond motifs is 1. The second kappa shape index (κ2) is 3.61. The minimum Gasteiger partial charge on any atom is -0.492 e. The standard InChI is InChI=1S/C11H10N2O3/c14-5-10-12-11(16-13-10)8-6-15-9-4-2-1-3-7(8)9/h1-4,8,14H,5-6H2. The van der Waals surface area contributed by atoms with E-state index in [0.717, 1.165) is 11.3 Å². The first-order chi connectivity index (χ1) is 7.88. The van der Waals surface area contributed by atoms with Crippen molar-refractivity contribution in [3.63, 3.8) is 0 Å². The molecule has 0 amide bonds. The van der Waals surface area contributed by atoms with Gasteiger partial charge in [-0.3, -0.25) is 0 Å². The number of rotatable bonds is 2. The molecule has 2 heterocycles. The van der Waals surface area contributed by atoms with Crippen LogP contribution in [0.25, 0.3) is 0 Å². The first-order valence-electron chi connectivity index (χ1n) is 5.03. The van der Waals surface area contributed by atoms with Gasteiger partial charge >= 0.3 is 0 Å². The number of benzene rings is 1. The van der Waals surface area contributed by atoms with Crippen molar-refractivity contribution in [3.05, 3.63) is 41.5 Å². The quantitative estimate of drug-likeness (QED) is 0.817. The molecule has 16 heavy (non-hydrogen) atoms. The van der Waals surface area contributed by atoms with Crippen LogP contribution in [-0.4, -0.2) is 21.9 Å². The van der Waals surface area contributed by atoms with Gasteiger partial charge in [0.1, 0.15) is 24.9 Å². The van der Waals surface area contributed by atoms with Gasteiger partial charge in [-0.15, -0.1) is 0 Å². The largest absolute Gasteiger partial charge is 0.492 e. The summed E-state index contributed by atoms with van der Waals surface area (Å²) in [5.74, 6) is 1.63. The van der Waals surface area contributed by atoms with Gasteiger partial charge in [0, 0.05) is 5.56 Å². The summed E-state index contributed by atoms with van der Waals surface area (Å²) in [6.45, 7) is 0.297. The van der Waals surface area contributed by atoms with Gasteiger partial charge < -0.3 is 14.4 Å². The maximum Gasteiger partial charge on any atom is 0.237 e. The van der Waals surface area contributed by atoms with E-state index in [1.54, 1.807) is 0 Å². The average Bonchev–Trinajstić information content (AvgIpc) is 2.94. The summed E-state index contributed by atoms with van der Waals surface area (Å²) in [7, 11) is 0. The van der Waals surface area contributed by atoms with Crippen LogP contribution < -0.4 is 4.74 Å². The van der Waals surface area contributed by atoms with Crippen LogP contribution in [0.4, 0.5) is 0 Å². The van der Waals surface area contributed by atoms with Gasteiger partial charge in [0.25, 0.3) is 0 Å². The normalized spacial score (nSPS) is 18.2. The van der Waals surface area contributed by atoms with Crippen LogP contribution in [0, 0.1) is 0 Å². The third-order valence-electron chi connectivity index (χ3n) is 2.62. The van der Waals surface area contributed by atoms with E-state index in [-0.39, 0.29) is 12.5 Å². The Balaban J connectivity index is 1.98. The molecule has 2 aromatic rings. The zero-order valence-corrected chi connectivity index (χ0v) is 8.46. The lowest BCUT2D eigenvalue weighted by Crippen LogP contribution is -2.03. The monoisotopic (exact) mass is 218 g/mol. The molecule has 1 aliphatic heterocycles. The summed E-state index contributed by atoms with van der Waals surface area (Å²) < 4.78 is 10.6. The number of hydrogen-bond donors (Lipinski definition) is 1. The Labute approximate surface area is 91.7 Å². The summed E-state index contributed by atoms with van der Waals surface area (Å²) >= 11 is 0. The highest BCUT2D eigenvalue weighted by Crippen LogP contribution is 2.36. The van der Waals surface area contributed by atoms with Gasteiger partial charge in [0.15, 0.2) is 5.82 Å². The molecular formula is C11H10N2O3. The zero-order valence-electron chi connectivity index (χ0n) is 8.46. The lowest BCUT2D eigenvalue weighted by molar-refractivity contribution is 0.261. The Kier molecular flexibility index (Phi) is 2.11. The van der Waals surface area contributed by atoms with E-state index in [4.69, 9.17) is 14.4 Å². The molecule has 0 saturated carbocycles. The van der Waals surface area contributed by atoms with E-state index in [0.29, 0.717) is 18.3 Å². The van der Waals surface area contributed by atoms with Gasteiger partial charge in [-0.25, -0.2) is 0 Å². The second-order valence-corrected chi connectivity index (χ2v) is 3.61. The molecule has 1 aliphatic rings. The molecule has 0 radical (unpaired) electrons. The van der Waals surface area contributed by atoms with Gasteiger partial charge in [-0.05, 0) is 6.07 Å². The van der Waals surface area contributed by atoms with E-state index in [1.165, 1.54) is 0 Å². The topological polar surface area (TPSA) is 68.4 Å².